The average molecular weight is 182 g/mol. The molecule has 1 aliphatic rings. The fourth-order valence-electron chi connectivity index (χ4n) is 3.26. The van der Waals surface area contributed by atoms with Crippen LogP contribution in [0.4, 0.5) is 0 Å². The molecular weight excluding hydrogens is 156 g/mol. The predicted molar refractivity (Wildman–Crippen MR) is 59.8 cm³/mol. The zero-order valence-electron chi connectivity index (χ0n) is 9.90. The van der Waals surface area contributed by atoms with Gasteiger partial charge in [0.1, 0.15) is 0 Å². The molecular formula is C13H26. The summed E-state index contributed by atoms with van der Waals surface area (Å²) in [5, 5.41) is 0. The van der Waals surface area contributed by atoms with E-state index in [4.69, 9.17) is 0 Å². The largest absolute Gasteiger partial charge is 0.0654 e. The SMILES string of the molecule is CCCCC1CC(C)CC(C)(C)C1. The molecule has 1 rings (SSSR count). The fourth-order valence-corrected chi connectivity index (χ4v) is 3.26. The smallest absolute Gasteiger partial charge is 0.0349 e. The Hall–Kier alpha value is 0. The molecule has 2 unspecified atom stereocenters. The van der Waals surface area contributed by atoms with Crippen molar-refractivity contribution in [2.45, 2.75) is 66.2 Å². The van der Waals surface area contributed by atoms with E-state index in [0.717, 1.165) is 11.8 Å². The molecule has 0 nitrogen and oxygen atoms in total. The summed E-state index contributed by atoms with van der Waals surface area (Å²) in [7, 11) is 0. The summed E-state index contributed by atoms with van der Waals surface area (Å²) in [6.45, 7) is 9.63. The molecule has 78 valence electrons. The molecule has 0 N–H and O–H groups in total. The Balaban J connectivity index is 2.38. The van der Waals surface area contributed by atoms with Gasteiger partial charge in [-0.1, -0.05) is 47.0 Å². The zero-order valence-corrected chi connectivity index (χ0v) is 9.90. The Morgan fingerprint density at radius 1 is 1.23 bits per heavy atom. The lowest BCUT2D eigenvalue weighted by Crippen LogP contribution is -2.27. The molecule has 1 fully saturated rings. The van der Waals surface area contributed by atoms with Crippen molar-refractivity contribution < 1.29 is 0 Å². The van der Waals surface area contributed by atoms with Gasteiger partial charge >= 0.3 is 0 Å². The van der Waals surface area contributed by atoms with Crippen molar-refractivity contribution in [3.05, 3.63) is 0 Å². The third-order valence-corrected chi connectivity index (χ3v) is 3.44. The molecule has 1 saturated carbocycles. The molecule has 0 radical (unpaired) electrons. The molecule has 13 heavy (non-hydrogen) atoms. The zero-order chi connectivity index (χ0) is 9.90. The van der Waals surface area contributed by atoms with Crippen LogP contribution < -0.4 is 0 Å². The number of unbranched alkanes of at least 4 members (excludes halogenated alkanes) is 1. The summed E-state index contributed by atoms with van der Waals surface area (Å²) in [6, 6.07) is 0. The van der Waals surface area contributed by atoms with Gasteiger partial charge in [0.15, 0.2) is 0 Å². The van der Waals surface area contributed by atoms with Gasteiger partial charge in [-0.25, -0.2) is 0 Å². The molecule has 0 aromatic carbocycles. The van der Waals surface area contributed by atoms with Crippen LogP contribution in [-0.2, 0) is 0 Å². The van der Waals surface area contributed by atoms with Crippen molar-refractivity contribution in [3.63, 3.8) is 0 Å². The van der Waals surface area contributed by atoms with Crippen LogP contribution in [-0.4, -0.2) is 0 Å². The Morgan fingerprint density at radius 2 is 1.92 bits per heavy atom. The second-order valence-corrected chi connectivity index (χ2v) is 5.92. The van der Waals surface area contributed by atoms with Gasteiger partial charge in [0.2, 0.25) is 0 Å². The highest BCUT2D eigenvalue weighted by Crippen LogP contribution is 2.43. The van der Waals surface area contributed by atoms with E-state index in [1.165, 1.54) is 38.5 Å². The molecule has 0 amide bonds. The topological polar surface area (TPSA) is 0 Å². The second kappa shape index (κ2) is 4.48. The Morgan fingerprint density at radius 3 is 2.46 bits per heavy atom. The predicted octanol–water partition coefficient (Wildman–Crippen LogP) is 4.64. The molecule has 0 aromatic rings. The molecule has 2 atom stereocenters. The van der Waals surface area contributed by atoms with Crippen LogP contribution in [0.5, 0.6) is 0 Å². The number of hydrogen-bond acceptors (Lipinski definition) is 0. The van der Waals surface area contributed by atoms with E-state index < -0.39 is 0 Å². The van der Waals surface area contributed by atoms with Crippen molar-refractivity contribution in [3.8, 4) is 0 Å². The van der Waals surface area contributed by atoms with E-state index in [1.54, 1.807) is 0 Å². The van der Waals surface area contributed by atoms with Gasteiger partial charge in [-0.15, -0.1) is 0 Å². The Bertz CT molecular complexity index is 146. The van der Waals surface area contributed by atoms with Crippen molar-refractivity contribution >= 4 is 0 Å². The van der Waals surface area contributed by atoms with Gasteiger partial charge in [-0.3, -0.25) is 0 Å². The van der Waals surface area contributed by atoms with Crippen LogP contribution in [0.2, 0.25) is 0 Å². The summed E-state index contributed by atoms with van der Waals surface area (Å²) in [5.74, 6) is 1.99. The van der Waals surface area contributed by atoms with Gasteiger partial charge in [0.25, 0.3) is 0 Å². The van der Waals surface area contributed by atoms with E-state index in [-0.39, 0.29) is 0 Å². The highest BCUT2D eigenvalue weighted by atomic mass is 14.4. The maximum atomic E-state index is 2.45. The van der Waals surface area contributed by atoms with Crippen LogP contribution in [0.3, 0.4) is 0 Å². The maximum absolute atomic E-state index is 2.45. The summed E-state index contributed by atoms with van der Waals surface area (Å²) >= 11 is 0. The first-order valence-corrected chi connectivity index (χ1v) is 6.03. The highest BCUT2D eigenvalue weighted by molar-refractivity contribution is 4.82. The van der Waals surface area contributed by atoms with Crippen LogP contribution in [0.25, 0.3) is 0 Å². The van der Waals surface area contributed by atoms with Gasteiger partial charge in [0.05, 0.1) is 0 Å². The molecule has 0 aromatic heterocycles. The minimum Gasteiger partial charge on any atom is -0.0654 e. The van der Waals surface area contributed by atoms with Gasteiger partial charge in [0, 0.05) is 0 Å². The van der Waals surface area contributed by atoms with Crippen LogP contribution in [0.15, 0.2) is 0 Å². The minimum absolute atomic E-state index is 0.621. The quantitative estimate of drug-likeness (QED) is 0.596. The molecule has 0 spiro atoms. The van der Waals surface area contributed by atoms with Crippen molar-refractivity contribution in [1.82, 2.24) is 0 Å². The normalized spacial score (nSPS) is 33.2. The Kier molecular flexibility index (Phi) is 3.82. The van der Waals surface area contributed by atoms with Crippen molar-refractivity contribution in [2.24, 2.45) is 17.3 Å². The maximum Gasteiger partial charge on any atom is -0.0349 e. The number of rotatable bonds is 3. The van der Waals surface area contributed by atoms with E-state index in [1.807, 2.05) is 0 Å². The molecule has 0 bridgehead atoms. The lowest BCUT2D eigenvalue weighted by atomic mass is 9.67. The standard InChI is InChI=1S/C13H26/c1-5-6-7-12-8-11(2)9-13(3,4)10-12/h11-12H,5-10H2,1-4H3. The summed E-state index contributed by atoms with van der Waals surface area (Å²) in [5.41, 5.74) is 0.621. The lowest BCUT2D eigenvalue weighted by molar-refractivity contribution is 0.126. The minimum atomic E-state index is 0.621. The summed E-state index contributed by atoms with van der Waals surface area (Å²) in [4.78, 5) is 0. The van der Waals surface area contributed by atoms with E-state index in [2.05, 4.69) is 27.7 Å². The molecule has 0 saturated heterocycles. The summed E-state index contributed by atoms with van der Waals surface area (Å²) in [6.07, 6.45) is 8.68. The second-order valence-electron chi connectivity index (χ2n) is 5.92. The lowest BCUT2D eigenvalue weighted by Gasteiger charge is -2.39. The third kappa shape index (κ3) is 3.70. The van der Waals surface area contributed by atoms with Gasteiger partial charge in [-0.05, 0) is 36.5 Å². The molecule has 1 aliphatic carbocycles. The fraction of sp³-hybridized carbons (Fsp3) is 1.00. The first kappa shape index (κ1) is 11.1. The first-order valence-electron chi connectivity index (χ1n) is 6.03. The van der Waals surface area contributed by atoms with Crippen molar-refractivity contribution in [2.75, 3.05) is 0 Å². The highest BCUT2D eigenvalue weighted by Gasteiger charge is 2.31. The van der Waals surface area contributed by atoms with Crippen LogP contribution in [0.1, 0.15) is 66.2 Å². The van der Waals surface area contributed by atoms with Crippen molar-refractivity contribution in [1.29, 1.82) is 0 Å². The Labute approximate surface area is 84.1 Å². The van der Waals surface area contributed by atoms with E-state index in [0.29, 0.717) is 5.41 Å². The first-order chi connectivity index (χ1) is 6.03. The summed E-state index contributed by atoms with van der Waals surface area (Å²) < 4.78 is 0. The van der Waals surface area contributed by atoms with Gasteiger partial charge in [-0.2, -0.15) is 0 Å². The molecule has 0 heteroatoms. The molecule has 0 heterocycles. The van der Waals surface area contributed by atoms with Gasteiger partial charge < -0.3 is 0 Å². The monoisotopic (exact) mass is 182 g/mol. The van der Waals surface area contributed by atoms with E-state index in [9.17, 15) is 0 Å². The van der Waals surface area contributed by atoms with Crippen LogP contribution >= 0.6 is 0 Å². The number of hydrogen-bond donors (Lipinski definition) is 0. The van der Waals surface area contributed by atoms with Crippen LogP contribution in [0, 0.1) is 17.3 Å². The molecule has 0 aliphatic heterocycles. The van der Waals surface area contributed by atoms with E-state index >= 15 is 0 Å². The third-order valence-electron chi connectivity index (χ3n) is 3.44. The average Bonchev–Trinajstić information content (AvgIpc) is 1.97.